The van der Waals surface area contributed by atoms with Gasteiger partial charge in [-0.25, -0.2) is 14.8 Å². The van der Waals surface area contributed by atoms with Gasteiger partial charge in [-0.2, -0.15) is 5.26 Å². The van der Waals surface area contributed by atoms with Crippen molar-refractivity contribution in [3.8, 4) is 6.07 Å². The number of nitrogens with zero attached hydrogens (tertiary/aromatic N) is 3. The molecule has 1 aliphatic carbocycles. The van der Waals surface area contributed by atoms with Gasteiger partial charge in [-0.1, -0.05) is 0 Å². The molecule has 0 amide bonds. The van der Waals surface area contributed by atoms with E-state index in [4.69, 9.17) is 5.26 Å². The summed E-state index contributed by atoms with van der Waals surface area (Å²) in [6.07, 6.45) is 4.46. The third-order valence-electron chi connectivity index (χ3n) is 3.15. The van der Waals surface area contributed by atoms with E-state index < -0.39 is 5.97 Å². The lowest BCUT2D eigenvalue weighted by Gasteiger charge is -2.09. The third kappa shape index (κ3) is 3.70. The van der Waals surface area contributed by atoms with Crippen LogP contribution in [-0.2, 0) is 0 Å². The van der Waals surface area contributed by atoms with Gasteiger partial charge in [0.2, 0.25) is 0 Å². The summed E-state index contributed by atoms with van der Waals surface area (Å²) in [6.45, 7) is 1.73. The van der Waals surface area contributed by atoms with Crippen molar-refractivity contribution in [2.75, 3.05) is 5.75 Å². The molecule has 1 aromatic rings. The van der Waals surface area contributed by atoms with Crippen molar-refractivity contribution in [1.82, 2.24) is 9.97 Å². The summed E-state index contributed by atoms with van der Waals surface area (Å²) >= 11 is 1.46. The number of carboxylic acids is 1. The van der Waals surface area contributed by atoms with Crippen molar-refractivity contribution in [1.29, 1.82) is 5.26 Å². The number of aryl methyl sites for hydroxylation is 1. The van der Waals surface area contributed by atoms with E-state index in [-0.39, 0.29) is 5.56 Å². The minimum atomic E-state index is -0.968. The average molecular weight is 291 g/mol. The molecule has 5 nitrogen and oxygen atoms in total. The Morgan fingerprint density at radius 3 is 2.80 bits per heavy atom. The molecule has 6 heteroatoms. The van der Waals surface area contributed by atoms with Gasteiger partial charge >= 0.3 is 5.97 Å². The lowest BCUT2D eigenvalue weighted by molar-refractivity contribution is 0.0690. The molecule has 0 saturated heterocycles. The molecule has 106 valence electrons. The fraction of sp³-hybridized carbons (Fsp3) is 0.571. The van der Waals surface area contributed by atoms with Gasteiger partial charge in [-0.3, -0.25) is 0 Å². The number of unbranched alkanes of at least 4 members (excludes halogenated alkanes) is 2. The van der Waals surface area contributed by atoms with Crippen molar-refractivity contribution >= 4 is 17.7 Å². The van der Waals surface area contributed by atoms with Crippen LogP contribution in [0.25, 0.3) is 0 Å². The molecule has 1 aliphatic rings. The number of thioether (sulfide) groups is 1. The first-order chi connectivity index (χ1) is 9.63. The Hall–Kier alpha value is -1.61. The largest absolute Gasteiger partial charge is 0.478 e. The van der Waals surface area contributed by atoms with Gasteiger partial charge in [0, 0.05) is 12.3 Å². The zero-order valence-electron chi connectivity index (χ0n) is 11.4. The first-order valence-electron chi connectivity index (χ1n) is 6.75. The lowest BCUT2D eigenvalue weighted by Crippen LogP contribution is -2.09. The number of aromatic carboxylic acids is 1. The number of carbonyl (C=O) groups is 1. The molecule has 1 fully saturated rings. The summed E-state index contributed by atoms with van der Waals surface area (Å²) in [5.41, 5.74) is 0.772. The van der Waals surface area contributed by atoms with Crippen molar-refractivity contribution < 1.29 is 9.90 Å². The Balaban J connectivity index is 2.11. The van der Waals surface area contributed by atoms with Crippen LogP contribution in [0.1, 0.15) is 59.9 Å². The molecule has 1 heterocycles. The molecule has 0 atom stereocenters. The first-order valence-corrected chi connectivity index (χ1v) is 7.73. The Morgan fingerprint density at radius 2 is 2.20 bits per heavy atom. The lowest BCUT2D eigenvalue weighted by atomic mass is 10.2. The Kier molecular flexibility index (Phi) is 4.96. The molecule has 0 aliphatic heterocycles. The van der Waals surface area contributed by atoms with Crippen LogP contribution in [-0.4, -0.2) is 26.8 Å². The summed E-state index contributed by atoms with van der Waals surface area (Å²) in [5.74, 6) is 1.01. The molecule has 2 rings (SSSR count). The van der Waals surface area contributed by atoms with Crippen molar-refractivity contribution in [3.63, 3.8) is 0 Å². The maximum Gasteiger partial charge on any atom is 0.340 e. The van der Waals surface area contributed by atoms with Gasteiger partial charge in [0.05, 0.1) is 11.8 Å². The number of rotatable bonds is 7. The fourth-order valence-electron chi connectivity index (χ4n) is 1.92. The monoisotopic (exact) mass is 291 g/mol. The van der Waals surface area contributed by atoms with Crippen LogP contribution in [0.5, 0.6) is 0 Å². The average Bonchev–Trinajstić information content (AvgIpc) is 3.21. The number of hydrogen-bond donors (Lipinski definition) is 1. The summed E-state index contributed by atoms with van der Waals surface area (Å²) < 4.78 is 0. The maximum atomic E-state index is 11.3. The van der Waals surface area contributed by atoms with Crippen LogP contribution in [0, 0.1) is 18.3 Å². The SMILES string of the molecule is Cc1nc(C2CC2)nc(SCCCCC#N)c1C(=O)O. The molecule has 0 spiro atoms. The quantitative estimate of drug-likeness (QED) is 0.472. The van der Waals surface area contributed by atoms with Gasteiger partial charge < -0.3 is 5.11 Å². The van der Waals surface area contributed by atoms with E-state index in [1.165, 1.54) is 11.8 Å². The highest BCUT2D eigenvalue weighted by molar-refractivity contribution is 7.99. The predicted octanol–water partition coefficient (Wildman–Crippen LogP) is 3.15. The third-order valence-corrected chi connectivity index (χ3v) is 4.21. The molecule has 1 saturated carbocycles. The zero-order valence-corrected chi connectivity index (χ0v) is 12.2. The second-order valence-corrected chi connectivity index (χ2v) is 5.97. The molecule has 1 aromatic heterocycles. The Morgan fingerprint density at radius 1 is 1.45 bits per heavy atom. The number of carboxylic acid groups (broad SMARTS) is 1. The molecular formula is C14H17N3O2S. The highest BCUT2D eigenvalue weighted by Crippen LogP contribution is 2.39. The summed E-state index contributed by atoms with van der Waals surface area (Å²) in [7, 11) is 0. The highest BCUT2D eigenvalue weighted by atomic mass is 32.2. The minimum Gasteiger partial charge on any atom is -0.478 e. The summed E-state index contributed by atoms with van der Waals surface area (Å²) in [4.78, 5) is 20.1. The molecule has 0 unspecified atom stereocenters. The van der Waals surface area contributed by atoms with E-state index in [2.05, 4.69) is 16.0 Å². The molecular weight excluding hydrogens is 274 g/mol. The normalized spacial score (nSPS) is 14.0. The standard InChI is InChI=1S/C14H17N3O2S/c1-9-11(14(18)19)13(20-8-4-2-3-7-15)17-12(16-9)10-5-6-10/h10H,2-6,8H2,1H3,(H,18,19). The Bertz CT molecular complexity index is 550. The van der Waals surface area contributed by atoms with Crippen molar-refractivity contribution in [3.05, 3.63) is 17.1 Å². The maximum absolute atomic E-state index is 11.3. The van der Waals surface area contributed by atoms with E-state index in [1.807, 2.05) is 0 Å². The van der Waals surface area contributed by atoms with E-state index in [9.17, 15) is 9.90 Å². The van der Waals surface area contributed by atoms with E-state index in [0.29, 0.717) is 23.1 Å². The number of hydrogen-bond acceptors (Lipinski definition) is 5. The Labute approximate surface area is 122 Å². The van der Waals surface area contributed by atoms with Crippen LogP contribution in [0.4, 0.5) is 0 Å². The molecule has 0 bridgehead atoms. The molecule has 0 aromatic carbocycles. The fourth-order valence-corrected chi connectivity index (χ4v) is 3.00. The first kappa shape index (κ1) is 14.8. The van der Waals surface area contributed by atoms with Crippen LogP contribution in [0.15, 0.2) is 5.03 Å². The van der Waals surface area contributed by atoms with Gasteiger partial charge in [0.25, 0.3) is 0 Å². The minimum absolute atomic E-state index is 0.222. The summed E-state index contributed by atoms with van der Waals surface area (Å²) in [6, 6.07) is 2.11. The van der Waals surface area contributed by atoms with Crippen LogP contribution in [0.2, 0.25) is 0 Å². The van der Waals surface area contributed by atoms with Gasteiger partial charge in [-0.05, 0) is 38.4 Å². The van der Waals surface area contributed by atoms with Gasteiger partial charge in [-0.15, -0.1) is 11.8 Å². The second kappa shape index (κ2) is 6.71. The zero-order chi connectivity index (χ0) is 14.5. The smallest absolute Gasteiger partial charge is 0.340 e. The number of aromatic nitrogens is 2. The topological polar surface area (TPSA) is 86.9 Å². The van der Waals surface area contributed by atoms with Crippen LogP contribution >= 0.6 is 11.8 Å². The van der Waals surface area contributed by atoms with E-state index in [0.717, 1.165) is 37.3 Å². The van der Waals surface area contributed by atoms with E-state index in [1.54, 1.807) is 6.92 Å². The molecule has 20 heavy (non-hydrogen) atoms. The highest BCUT2D eigenvalue weighted by Gasteiger charge is 2.29. The van der Waals surface area contributed by atoms with Gasteiger partial charge in [0.15, 0.2) is 0 Å². The van der Waals surface area contributed by atoms with Crippen molar-refractivity contribution in [2.45, 2.75) is 50.0 Å². The molecule has 1 N–H and O–H groups in total. The summed E-state index contributed by atoms with van der Waals surface area (Å²) in [5, 5.41) is 18.4. The second-order valence-electron chi connectivity index (χ2n) is 4.89. The number of nitriles is 1. The van der Waals surface area contributed by atoms with Gasteiger partial charge in [0.1, 0.15) is 16.4 Å². The van der Waals surface area contributed by atoms with E-state index >= 15 is 0 Å². The van der Waals surface area contributed by atoms with Crippen LogP contribution in [0.3, 0.4) is 0 Å². The molecule has 0 radical (unpaired) electrons. The van der Waals surface area contributed by atoms with Crippen LogP contribution < -0.4 is 0 Å². The van der Waals surface area contributed by atoms with Crippen molar-refractivity contribution in [2.24, 2.45) is 0 Å². The predicted molar refractivity (Wildman–Crippen MR) is 75.9 cm³/mol.